The number of amides is 2. The number of piperidine rings is 1. The lowest BCUT2D eigenvalue weighted by molar-refractivity contribution is -0.143. The van der Waals surface area contributed by atoms with Crippen LogP contribution in [0.1, 0.15) is 31.4 Å². The van der Waals surface area contributed by atoms with Crippen LogP contribution in [0.3, 0.4) is 0 Å². The smallest absolute Gasteiger partial charge is 0.317 e. The number of benzene rings is 1. The van der Waals surface area contributed by atoms with Crippen LogP contribution in [0, 0.1) is 5.92 Å². The fourth-order valence-corrected chi connectivity index (χ4v) is 3.11. The molecule has 5 nitrogen and oxygen atoms in total. The molecule has 0 unspecified atom stereocenters. The number of carbonyl (C=O) groups is 2. The van der Waals surface area contributed by atoms with E-state index in [4.69, 9.17) is 28.3 Å². The summed E-state index contributed by atoms with van der Waals surface area (Å²) in [6.45, 7) is 2.74. The third-order valence-electron chi connectivity index (χ3n) is 3.90. The molecule has 0 radical (unpaired) electrons. The number of urea groups is 1. The van der Waals surface area contributed by atoms with Crippen molar-refractivity contribution in [2.75, 3.05) is 13.1 Å². The first-order valence-corrected chi connectivity index (χ1v) is 7.87. The Morgan fingerprint density at radius 3 is 2.50 bits per heavy atom. The topological polar surface area (TPSA) is 69.6 Å². The van der Waals surface area contributed by atoms with E-state index >= 15 is 0 Å². The second-order valence-electron chi connectivity index (χ2n) is 5.44. The zero-order valence-electron chi connectivity index (χ0n) is 12.2. The van der Waals surface area contributed by atoms with Crippen molar-refractivity contribution in [1.29, 1.82) is 0 Å². The van der Waals surface area contributed by atoms with E-state index < -0.39 is 5.97 Å². The van der Waals surface area contributed by atoms with Gasteiger partial charge in [0.2, 0.25) is 0 Å². The van der Waals surface area contributed by atoms with Crippen molar-refractivity contribution in [3.8, 4) is 0 Å². The van der Waals surface area contributed by atoms with Gasteiger partial charge >= 0.3 is 12.0 Å². The Kier molecular flexibility index (Phi) is 5.53. The first kappa shape index (κ1) is 16.9. The second kappa shape index (κ2) is 7.20. The number of carboxylic acids is 1. The van der Waals surface area contributed by atoms with Gasteiger partial charge in [-0.1, -0.05) is 29.3 Å². The molecule has 1 aromatic carbocycles. The average Bonchev–Trinajstić information content (AvgIpc) is 2.47. The van der Waals surface area contributed by atoms with Crippen molar-refractivity contribution in [3.63, 3.8) is 0 Å². The highest BCUT2D eigenvalue weighted by Crippen LogP contribution is 2.26. The summed E-state index contributed by atoms with van der Waals surface area (Å²) in [6.07, 6.45) is 0.970. The Labute approximate surface area is 139 Å². The Morgan fingerprint density at radius 2 is 1.95 bits per heavy atom. The van der Waals surface area contributed by atoms with Gasteiger partial charge in [-0.15, -0.1) is 0 Å². The predicted molar refractivity (Wildman–Crippen MR) is 85.3 cm³/mol. The Bertz CT molecular complexity index is 572. The van der Waals surface area contributed by atoms with Crippen molar-refractivity contribution in [2.45, 2.75) is 25.8 Å². The molecule has 2 amide bonds. The summed E-state index contributed by atoms with van der Waals surface area (Å²) in [5, 5.41) is 12.9. The van der Waals surface area contributed by atoms with Gasteiger partial charge in [0.05, 0.1) is 12.0 Å². The fourth-order valence-electron chi connectivity index (χ4n) is 2.54. The van der Waals surface area contributed by atoms with E-state index in [1.54, 1.807) is 23.1 Å². The van der Waals surface area contributed by atoms with E-state index in [9.17, 15) is 9.59 Å². The normalized spacial score (nSPS) is 17.1. The quantitative estimate of drug-likeness (QED) is 0.880. The van der Waals surface area contributed by atoms with Crippen molar-refractivity contribution in [3.05, 3.63) is 33.8 Å². The molecule has 1 aliphatic rings. The number of halogens is 2. The molecule has 1 fully saturated rings. The summed E-state index contributed by atoms with van der Waals surface area (Å²) in [4.78, 5) is 24.8. The molecular formula is C15H18Cl2N2O3. The molecule has 120 valence electrons. The molecule has 2 N–H and O–H groups in total. The molecule has 1 aromatic rings. The lowest BCUT2D eigenvalue weighted by Gasteiger charge is -2.31. The van der Waals surface area contributed by atoms with Crippen molar-refractivity contribution in [2.24, 2.45) is 5.92 Å². The summed E-state index contributed by atoms with van der Waals surface area (Å²) in [6, 6.07) is 4.69. The van der Waals surface area contributed by atoms with Gasteiger partial charge in [0.15, 0.2) is 0 Å². The molecule has 1 aliphatic heterocycles. The Balaban J connectivity index is 1.93. The first-order chi connectivity index (χ1) is 10.4. The number of hydrogen-bond acceptors (Lipinski definition) is 2. The zero-order valence-corrected chi connectivity index (χ0v) is 13.7. The van der Waals surface area contributed by atoms with Crippen molar-refractivity contribution in [1.82, 2.24) is 10.2 Å². The summed E-state index contributed by atoms with van der Waals surface area (Å²) in [7, 11) is 0. The number of carbonyl (C=O) groups excluding carboxylic acids is 1. The lowest BCUT2D eigenvalue weighted by atomic mass is 9.97. The van der Waals surface area contributed by atoms with Crippen LogP contribution in [0.5, 0.6) is 0 Å². The minimum Gasteiger partial charge on any atom is -0.481 e. The van der Waals surface area contributed by atoms with Crippen molar-refractivity contribution < 1.29 is 14.7 Å². The molecule has 2 rings (SSSR count). The molecule has 1 saturated heterocycles. The highest BCUT2D eigenvalue weighted by molar-refractivity contribution is 6.35. The molecule has 7 heteroatoms. The van der Waals surface area contributed by atoms with Gasteiger partial charge < -0.3 is 15.3 Å². The zero-order chi connectivity index (χ0) is 16.3. The van der Waals surface area contributed by atoms with Crippen LogP contribution in [0.2, 0.25) is 10.0 Å². The van der Waals surface area contributed by atoms with Crippen LogP contribution in [0.4, 0.5) is 4.79 Å². The average molecular weight is 345 g/mol. The highest BCUT2D eigenvalue weighted by Gasteiger charge is 2.27. The Hall–Kier alpha value is -1.46. The maximum absolute atomic E-state index is 12.2. The van der Waals surface area contributed by atoms with Crippen LogP contribution >= 0.6 is 23.2 Å². The first-order valence-electron chi connectivity index (χ1n) is 7.11. The molecule has 1 atom stereocenters. The largest absolute Gasteiger partial charge is 0.481 e. The van der Waals surface area contributed by atoms with Gasteiger partial charge in [-0.25, -0.2) is 4.79 Å². The van der Waals surface area contributed by atoms with Gasteiger partial charge in [-0.2, -0.15) is 0 Å². The van der Waals surface area contributed by atoms with Gasteiger partial charge in [-0.3, -0.25) is 4.79 Å². The minimum absolute atomic E-state index is 0.206. The van der Waals surface area contributed by atoms with Crippen LogP contribution in [-0.4, -0.2) is 35.1 Å². The van der Waals surface area contributed by atoms with E-state index in [0.29, 0.717) is 36.0 Å². The van der Waals surface area contributed by atoms with E-state index in [1.807, 2.05) is 6.92 Å². The van der Waals surface area contributed by atoms with Crippen LogP contribution in [-0.2, 0) is 4.79 Å². The standard InChI is InChI=1S/C15H18Cl2N2O3/c1-9(12-3-2-11(16)8-13(12)17)18-15(22)19-6-4-10(5-7-19)14(20)21/h2-3,8-10H,4-7H2,1H3,(H,18,22)(H,20,21)/t9-/m0/s1. The molecule has 1 heterocycles. The summed E-state index contributed by atoms with van der Waals surface area (Å²) in [5.41, 5.74) is 0.792. The van der Waals surface area contributed by atoms with Crippen molar-refractivity contribution >= 4 is 35.2 Å². The maximum atomic E-state index is 12.2. The van der Waals surface area contributed by atoms with Crippen LogP contribution in [0.25, 0.3) is 0 Å². The number of aliphatic carboxylic acids is 1. The summed E-state index contributed by atoms with van der Waals surface area (Å²) < 4.78 is 0. The van der Waals surface area contributed by atoms with Gasteiger partial charge in [0.1, 0.15) is 0 Å². The summed E-state index contributed by atoms with van der Waals surface area (Å²) >= 11 is 12.0. The maximum Gasteiger partial charge on any atom is 0.317 e. The molecular weight excluding hydrogens is 327 g/mol. The highest BCUT2D eigenvalue weighted by atomic mass is 35.5. The number of rotatable bonds is 3. The predicted octanol–water partition coefficient (Wildman–Crippen LogP) is 3.56. The SMILES string of the molecule is C[C@H](NC(=O)N1CCC(C(=O)O)CC1)c1ccc(Cl)cc1Cl. The van der Waals surface area contributed by atoms with Crippen LogP contribution < -0.4 is 5.32 Å². The molecule has 0 saturated carbocycles. The minimum atomic E-state index is -0.790. The molecule has 0 bridgehead atoms. The molecule has 0 aliphatic carbocycles. The fraction of sp³-hybridized carbons (Fsp3) is 0.467. The third-order valence-corrected chi connectivity index (χ3v) is 4.46. The number of hydrogen-bond donors (Lipinski definition) is 2. The molecule has 22 heavy (non-hydrogen) atoms. The van der Waals surface area contributed by atoms with E-state index in [-0.39, 0.29) is 18.0 Å². The second-order valence-corrected chi connectivity index (χ2v) is 6.28. The summed E-state index contributed by atoms with van der Waals surface area (Å²) in [5.74, 6) is -1.14. The number of carboxylic acid groups (broad SMARTS) is 1. The monoisotopic (exact) mass is 344 g/mol. The van der Waals surface area contributed by atoms with Gasteiger partial charge in [0.25, 0.3) is 0 Å². The number of nitrogens with zero attached hydrogens (tertiary/aromatic N) is 1. The van der Waals surface area contributed by atoms with E-state index in [2.05, 4.69) is 5.32 Å². The third kappa shape index (κ3) is 4.05. The molecule has 0 spiro atoms. The Morgan fingerprint density at radius 1 is 1.32 bits per heavy atom. The molecule has 0 aromatic heterocycles. The van der Waals surface area contributed by atoms with Gasteiger partial charge in [-0.05, 0) is 37.5 Å². The van der Waals surface area contributed by atoms with E-state index in [0.717, 1.165) is 5.56 Å². The lowest BCUT2D eigenvalue weighted by Crippen LogP contribution is -2.46. The van der Waals surface area contributed by atoms with E-state index in [1.165, 1.54) is 0 Å². The van der Waals surface area contributed by atoms with Gasteiger partial charge in [0, 0.05) is 23.1 Å². The number of nitrogens with one attached hydrogen (secondary N) is 1. The number of likely N-dealkylation sites (tertiary alicyclic amines) is 1. The van der Waals surface area contributed by atoms with Crippen LogP contribution in [0.15, 0.2) is 18.2 Å².